The van der Waals surface area contributed by atoms with Gasteiger partial charge in [-0.25, -0.2) is 0 Å². The lowest BCUT2D eigenvalue weighted by Gasteiger charge is -2.14. The Morgan fingerprint density at radius 2 is 1.69 bits per heavy atom. The summed E-state index contributed by atoms with van der Waals surface area (Å²) in [6, 6.07) is 21.0. The first-order valence-corrected chi connectivity index (χ1v) is 11.7. The summed E-state index contributed by atoms with van der Waals surface area (Å²) in [4.78, 5) is 0. The van der Waals surface area contributed by atoms with Gasteiger partial charge in [-0.2, -0.15) is 5.10 Å². The van der Waals surface area contributed by atoms with Crippen LogP contribution in [0.1, 0.15) is 23.6 Å². The highest BCUT2D eigenvalue weighted by molar-refractivity contribution is 8.13. The van der Waals surface area contributed by atoms with Gasteiger partial charge in [0.1, 0.15) is 6.61 Å². The van der Waals surface area contributed by atoms with Gasteiger partial charge in [-0.3, -0.25) is 0 Å². The molecule has 0 atom stereocenters. The number of thioether (sulfide) groups is 1. The molecule has 0 radical (unpaired) electrons. The molecule has 0 aliphatic heterocycles. The fraction of sp³-hybridized carbons (Fsp3) is 0.167. The second-order valence-corrected chi connectivity index (χ2v) is 8.40. The molecule has 0 aliphatic carbocycles. The van der Waals surface area contributed by atoms with Gasteiger partial charge in [-0.05, 0) is 24.6 Å². The monoisotopic (exact) mass is 487 g/mol. The van der Waals surface area contributed by atoms with Crippen LogP contribution in [0.4, 0.5) is 0 Å². The Morgan fingerprint density at radius 3 is 2.44 bits per heavy atom. The maximum absolute atomic E-state index is 6.43. The Hall–Kier alpha value is -2.67. The molecule has 0 fully saturated rings. The molecule has 0 unspecified atom stereocenters. The van der Waals surface area contributed by atoms with Crippen molar-refractivity contribution in [1.29, 1.82) is 0 Å². The molecule has 2 N–H and O–H groups in total. The lowest BCUT2D eigenvalue weighted by Crippen LogP contribution is -2.06. The van der Waals surface area contributed by atoms with Gasteiger partial charge in [-0.15, -0.1) is 5.10 Å². The van der Waals surface area contributed by atoms with Crippen LogP contribution in [0, 0.1) is 0 Å². The summed E-state index contributed by atoms with van der Waals surface area (Å²) in [6.45, 7) is 2.67. The van der Waals surface area contributed by atoms with E-state index >= 15 is 0 Å². The van der Waals surface area contributed by atoms with Crippen LogP contribution in [-0.2, 0) is 12.4 Å². The molecule has 5 nitrogen and oxygen atoms in total. The third-order valence-corrected chi connectivity index (χ3v) is 5.84. The van der Waals surface area contributed by atoms with Crippen molar-refractivity contribution in [3.8, 4) is 11.5 Å². The number of nitrogens with zero attached hydrogens (tertiary/aromatic N) is 2. The van der Waals surface area contributed by atoms with Gasteiger partial charge in [-0.1, -0.05) is 83.5 Å². The predicted molar refractivity (Wildman–Crippen MR) is 135 cm³/mol. The zero-order chi connectivity index (χ0) is 22.8. The highest BCUT2D eigenvalue weighted by atomic mass is 35.5. The van der Waals surface area contributed by atoms with Gasteiger partial charge in [0.05, 0.1) is 17.8 Å². The highest BCUT2D eigenvalue weighted by Crippen LogP contribution is 2.34. The molecule has 0 saturated heterocycles. The number of ether oxygens (including phenoxy) is 2. The first-order chi connectivity index (χ1) is 15.6. The second kappa shape index (κ2) is 12.4. The van der Waals surface area contributed by atoms with Gasteiger partial charge in [0.2, 0.25) is 0 Å². The first-order valence-electron chi connectivity index (χ1n) is 9.92. The maximum atomic E-state index is 6.43. The zero-order valence-corrected chi connectivity index (χ0v) is 19.8. The van der Waals surface area contributed by atoms with Crippen molar-refractivity contribution in [3.05, 3.63) is 93.5 Å². The smallest absolute Gasteiger partial charge is 0.180 e. The van der Waals surface area contributed by atoms with Gasteiger partial charge in [0, 0.05) is 28.0 Å². The largest absolute Gasteiger partial charge is 0.490 e. The van der Waals surface area contributed by atoms with E-state index in [-0.39, 0.29) is 0 Å². The molecule has 0 aromatic heterocycles. The topological polar surface area (TPSA) is 69.2 Å². The van der Waals surface area contributed by atoms with E-state index in [1.54, 1.807) is 18.3 Å². The number of hydrogen-bond donors (Lipinski definition) is 1. The van der Waals surface area contributed by atoms with Crippen LogP contribution in [-0.4, -0.2) is 18.0 Å². The molecule has 3 aromatic rings. The second-order valence-electron chi connectivity index (χ2n) is 6.59. The third kappa shape index (κ3) is 7.19. The number of halogens is 2. The third-order valence-electron chi connectivity index (χ3n) is 4.29. The van der Waals surface area contributed by atoms with Crippen LogP contribution in [0.3, 0.4) is 0 Å². The lowest BCUT2D eigenvalue weighted by molar-refractivity contribution is 0.269. The summed E-state index contributed by atoms with van der Waals surface area (Å²) in [5, 5.41) is 9.57. The SMILES string of the molecule is CCOc1cc(C=NN=C(N)SCc2ccccc2)c(Cl)cc1OCc1ccccc1Cl. The van der Waals surface area contributed by atoms with E-state index in [0.29, 0.717) is 45.5 Å². The van der Waals surface area contributed by atoms with Gasteiger partial charge >= 0.3 is 0 Å². The van der Waals surface area contributed by atoms with Crippen molar-refractivity contribution in [2.24, 2.45) is 15.9 Å². The summed E-state index contributed by atoms with van der Waals surface area (Å²) in [6.07, 6.45) is 1.54. The minimum absolute atomic E-state index is 0.295. The molecule has 0 bridgehead atoms. The quantitative estimate of drug-likeness (QED) is 0.211. The van der Waals surface area contributed by atoms with E-state index in [4.69, 9.17) is 38.4 Å². The molecule has 3 aromatic carbocycles. The number of amidine groups is 1. The summed E-state index contributed by atoms with van der Waals surface area (Å²) >= 11 is 14.1. The van der Waals surface area contributed by atoms with Crippen LogP contribution in [0.5, 0.6) is 11.5 Å². The Bertz CT molecular complexity index is 1090. The van der Waals surface area contributed by atoms with E-state index in [1.807, 2.05) is 61.5 Å². The minimum Gasteiger partial charge on any atom is -0.490 e. The van der Waals surface area contributed by atoms with E-state index in [2.05, 4.69) is 10.2 Å². The molecular formula is C24H23Cl2N3O2S. The number of rotatable bonds is 9. The molecule has 3 rings (SSSR count). The minimum atomic E-state index is 0.295. The van der Waals surface area contributed by atoms with Crippen molar-refractivity contribution in [1.82, 2.24) is 0 Å². The molecule has 8 heteroatoms. The normalized spacial score (nSPS) is 11.7. The molecule has 0 heterocycles. The van der Waals surface area contributed by atoms with Crippen molar-refractivity contribution in [3.63, 3.8) is 0 Å². The van der Waals surface area contributed by atoms with E-state index in [9.17, 15) is 0 Å². The van der Waals surface area contributed by atoms with Crippen LogP contribution < -0.4 is 15.2 Å². The molecular weight excluding hydrogens is 465 g/mol. The Balaban J connectivity index is 1.68. The Morgan fingerprint density at radius 1 is 0.969 bits per heavy atom. The van der Waals surface area contributed by atoms with Crippen LogP contribution >= 0.6 is 35.0 Å². The van der Waals surface area contributed by atoms with Crippen LogP contribution in [0.15, 0.2) is 76.9 Å². The van der Waals surface area contributed by atoms with Gasteiger partial charge in [0.25, 0.3) is 0 Å². The first kappa shape index (κ1) is 24.0. The average Bonchev–Trinajstić information content (AvgIpc) is 2.80. The van der Waals surface area contributed by atoms with Crippen molar-refractivity contribution in [2.45, 2.75) is 19.3 Å². The van der Waals surface area contributed by atoms with Crippen LogP contribution in [0.25, 0.3) is 0 Å². The maximum Gasteiger partial charge on any atom is 0.180 e. The molecule has 32 heavy (non-hydrogen) atoms. The fourth-order valence-electron chi connectivity index (χ4n) is 2.71. The molecule has 0 saturated carbocycles. The number of nitrogens with two attached hydrogens (primary N) is 1. The van der Waals surface area contributed by atoms with Crippen molar-refractivity contribution < 1.29 is 9.47 Å². The Labute approximate surface area is 202 Å². The van der Waals surface area contributed by atoms with Crippen LogP contribution in [0.2, 0.25) is 10.0 Å². The fourth-order valence-corrected chi connectivity index (χ4v) is 3.71. The molecule has 0 spiro atoms. The van der Waals surface area contributed by atoms with E-state index in [0.717, 1.165) is 16.9 Å². The molecule has 166 valence electrons. The lowest BCUT2D eigenvalue weighted by atomic mass is 10.2. The summed E-state index contributed by atoms with van der Waals surface area (Å²) in [5.41, 5.74) is 8.62. The number of hydrogen-bond acceptors (Lipinski definition) is 5. The predicted octanol–water partition coefficient (Wildman–Crippen LogP) is 6.55. The molecule has 0 aliphatic rings. The average molecular weight is 488 g/mol. The standard InChI is InChI=1S/C24H23Cl2N3O2S/c1-2-30-22-12-19(14-28-29-24(27)32-16-17-8-4-3-5-9-17)21(26)13-23(22)31-15-18-10-6-7-11-20(18)25/h3-14H,2,15-16H2,1H3,(H2,27,29). The summed E-state index contributed by atoms with van der Waals surface area (Å²) < 4.78 is 11.6. The highest BCUT2D eigenvalue weighted by Gasteiger charge is 2.11. The van der Waals surface area contributed by atoms with E-state index in [1.165, 1.54) is 11.8 Å². The zero-order valence-electron chi connectivity index (χ0n) is 17.5. The summed E-state index contributed by atoms with van der Waals surface area (Å²) in [5.74, 6) is 1.80. The van der Waals surface area contributed by atoms with E-state index < -0.39 is 0 Å². The van der Waals surface area contributed by atoms with Crippen molar-refractivity contribution >= 4 is 46.3 Å². The van der Waals surface area contributed by atoms with Gasteiger partial charge < -0.3 is 15.2 Å². The number of benzene rings is 3. The van der Waals surface area contributed by atoms with Gasteiger partial charge in [0.15, 0.2) is 16.7 Å². The Kier molecular flexibility index (Phi) is 9.28. The molecule has 0 amide bonds. The summed E-state index contributed by atoms with van der Waals surface area (Å²) in [7, 11) is 0. The van der Waals surface area contributed by atoms with Crippen molar-refractivity contribution in [2.75, 3.05) is 6.61 Å².